The molecule has 116 valence electrons. The maximum absolute atomic E-state index is 12.8. The number of rotatable bonds is 9. The van der Waals surface area contributed by atoms with Crippen LogP contribution in [0.2, 0.25) is 0 Å². The van der Waals surface area contributed by atoms with Crippen molar-refractivity contribution in [2.75, 3.05) is 13.6 Å². The number of aromatic nitrogens is 2. The van der Waals surface area contributed by atoms with Crippen molar-refractivity contribution in [3.63, 3.8) is 0 Å². The predicted molar refractivity (Wildman–Crippen MR) is 79.9 cm³/mol. The fourth-order valence-corrected chi connectivity index (χ4v) is 3.91. The number of H-pyrrole nitrogens is 1. The highest BCUT2D eigenvalue weighted by atomic mass is 32.2. The predicted octanol–water partition coefficient (Wildman–Crippen LogP) is 1.72. The minimum Gasteiger partial charge on any atom is -0.316 e. The minimum atomic E-state index is -3.52. The first-order valence-electron chi connectivity index (χ1n) is 7.13. The van der Waals surface area contributed by atoms with Gasteiger partial charge in [-0.2, -0.15) is 9.40 Å². The Labute approximate surface area is 122 Å². The molecule has 0 aliphatic carbocycles. The summed E-state index contributed by atoms with van der Waals surface area (Å²) in [6, 6.07) is -0.0670. The van der Waals surface area contributed by atoms with E-state index in [9.17, 15) is 8.42 Å². The molecular weight excluding hydrogens is 276 g/mol. The molecule has 1 aromatic rings. The van der Waals surface area contributed by atoms with Crippen molar-refractivity contribution in [2.24, 2.45) is 0 Å². The summed E-state index contributed by atoms with van der Waals surface area (Å²) >= 11 is 0. The maximum atomic E-state index is 12.8. The van der Waals surface area contributed by atoms with Crippen LogP contribution in [0, 0.1) is 0 Å². The van der Waals surface area contributed by atoms with Gasteiger partial charge in [0, 0.05) is 24.7 Å². The van der Waals surface area contributed by atoms with E-state index in [-0.39, 0.29) is 11.1 Å². The Kier molecular flexibility index (Phi) is 6.64. The van der Waals surface area contributed by atoms with E-state index < -0.39 is 10.0 Å². The van der Waals surface area contributed by atoms with E-state index in [0.717, 1.165) is 19.3 Å². The topological polar surface area (TPSA) is 78.1 Å². The van der Waals surface area contributed by atoms with E-state index in [4.69, 9.17) is 0 Å². The lowest BCUT2D eigenvalue weighted by atomic mass is 10.2. The van der Waals surface area contributed by atoms with Gasteiger partial charge in [-0.25, -0.2) is 8.42 Å². The zero-order chi connectivity index (χ0) is 15.2. The summed E-state index contributed by atoms with van der Waals surface area (Å²) in [5.41, 5.74) is 0.675. The van der Waals surface area contributed by atoms with Crippen LogP contribution in [0.15, 0.2) is 11.2 Å². The third kappa shape index (κ3) is 4.04. The molecule has 1 rings (SSSR count). The zero-order valence-corrected chi connectivity index (χ0v) is 13.6. The van der Waals surface area contributed by atoms with Gasteiger partial charge in [-0.3, -0.25) is 5.10 Å². The normalized spacial score (nSPS) is 12.5. The van der Waals surface area contributed by atoms with Gasteiger partial charge in [0.2, 0.25) is 0 Å². The van der Waals surface area contributed by atoms with Crippen molar-refractivity contribution >= 4 is 10.0 Å². The van der Waals surface area contributed by atoms with Gasteiger partial charge in [0.15, 0.2) is 5.03 Å². The van der Waals surface area contributed by atoms with Gasteiger partial charge in [0.1, 0.15) is 0 Å². The van der Waals surface area contributed by atoms with E-state index in [1.165, 1.54) is 0 Å². The molecule has 1 aromatic heterocycles. The molecule has 0 aliphatic rings. The highest BCUT2D eigenvalue weighted by Gasteiger charge is 2.30. The first-order chi connectivity index (χ1) is 9.45. The SMILES string of the molecule is CCCCCN(C(C)C)S(=O)(=O)c1[nH]ncc1CNC. The Balaban J connectivity index is 3.00. The van der Waals surface area contributed by atoms with E-state index in [2.05, 4.69) is 22.4 Å². The van der Waals surface area contributed by atoms with Gasteiger partial charge in [0.25, 0.3) is 10.0 Å². The summed E-state index contributed by atoms with van der Waals surface area (Å²) < 4.78 is 27.1. The van der Waals surface area contributed by atoms with Gasteiger partial charge in [0.05, 0.1) is 6.20 Å². The third-order valence-electron chi connectivity index (χ3n) is 3.17. The lowest BCUT2D eigenvalue weighted by Crippen LogP contribution is -2.38. The number of sulfonamides is 1. The number of hydrogen-bond donors (Lipinski definition) is 2. The second-order valence-corrected chi connectivity index (χ2v) is 7.00. The molecule has 1 heterocycles. The Morgan fingerprint density at radius 3 is 2.65 bits per heavy atom. The highest BCUT2D eigenvalue weighted by molar-refractivity contribution is 7.89. The second kappa shape index (κ2) is 7.75. The third-order valence-corrected chi connectivity index (χ3v) is 5.26. The minimum absolute atomic E-state index is 0.0670. The van der Waals surface area contributed by atoms with E-state index in [1.54, 1.807) is 17.5 Å². The molecule has 7 heteroatoms. The molecule has 20 heavy (non-hydrogen) atoms. The fourth-order valence-electron chi connectivity index (χ4n) is 2.13. The lowest BCUT2D eigenvalue weighted by molar-refractivity contribution is 0.344. The van der Waals surface area contributed by atoms with Crippen LogP contribution in [0.25, 0.3) is 0 Å². The van der Waals surface area contributed by atoms with Crippen LogP contribution >= 0.6 is 0 Å². The van der Waals surface area contributed by atoms with Crippen molar-refractivity contribution in [1.82, 2.24) is 19.8 Å². The maximum Gasteiger partial charge on any atom is 0.260 e. The number of hydrogen-bond acceptors (Lipinski definition) is 4. The van der Waals surface area contributed by atoms with Crippen molar-refractivity contribution in [3.05, 3.63) is 11.8 Å². The first kappa shape index (κ1) is 17.1. The van der Waals surface area contributed by atoms with Crippen LogP contribution in [0.3, 0.4) is 0 Å². The smallest absolute Gasteiger partial charge is 0.260 e. The van der Waals surface area contributed by atoms with Crippen molar-refractivity contribution < 1.29 is 8.42 Å². The van der Waals surface area contributed by atoms with Crippen molar-refractivity contribution in [2.45, 2.75) is 57.6 Å². The molecule has 0 saturated heterocycles. The quantitative estimate of drug-likeness (QED) is 0.681. The van der Waals surface area contributed by atoms with Crippen LogP contribution in [0.4, 0.5) is 0 Å². The van der Waals surface area contributed by atoms with Gasteiger partial charge >= 0.3 is 0 Å². The summed E-state index contributed by atoms with van der Waals surface area (Å²) in [5, 5.41) is 9.68. The summed E-state index contributed by atoms with van der Waals surface area (Å²) in [6.07, 6.45) is 4.55. The largest absolute Gasteiger partial charge is 0.316 e. The number of unbranched alkanes of at least 4 members (excludes halogenated alkanes) is 2. The van der Waals surface area contributed by atoms with Crippen LogP contribution in [0.5, 0.6) is 0 Å². The lowest BCUT2D eigenvalue weighted by Gasteiger charge is -2.25. The van der Waals surface area contributed by atoms with E-state index >= 15 is 0 Å². The molecule has 0 unspecified atom stereocenters. The first-order valence-corrected chi connectivity index (χ1v) is 8.57. The average molecular weight is 302 g/mol. The molecule has 0 fully saturated rings. The van der Waals surface area contributed by atoms with E-state index in [1.807, 2.05) is 13.8 Å². The molecule has 0 amide bonds. The summed E-state index contributed by atoms with van der Waals surface area (Å²) in [7, 11) is -1.73. The number of nitrogens with zero attached hydrogens (tertiary/aromatic N) is 2. The van der Waals surface area contributed by atoms with Gasteiger partial charge in [-0.1, -0.05) is 19.8 Å². The Morgan fingerprint density at radius 2 is 2.10 bits per heavy atom. The molecule has 0 spiro atoms. The van der Waals surface area contributed by atoms with Gasteiger partial charge in [-0.15, -0.1) is 0 Å². The second-order valence-electron chi connectivity index (χ2n) is 5.17. The molecular formula is C13H26N4O2S. The van der Waals surface area contributed by atoms with Crippen molar-refractivity contribution in [3.8, 4) is 0 Å². The fraction of sp³-hybridized carbons (Fsp3) is 0.769. The van der Waals surface area contributed by atoms with Gasteiger partial charge in [-0.05, 0) is 27.3 Å². The van der Waals surface area contributed by atoms with Crippen LogP contribution in [-0.4, -0.2) is 42.6 Å². The van der Waals surface area contributed by atoms with Gasteiger partial charge < -0.3 is 5.32 Å². The Morgan fingerprint density at radius 1 is 1.40 bits per heavy atom. The molecule has 6 nitrogen and oxygen atoms in total. The van der Waals surface area contributed by atoms with E-state index in [0.29, 0.717) is 18.7 Å². The number of aromatic amines is 1. The van der Waals surface area contributed by atoms with Crippen LogP contribution < -0.4 is 5.32 Å². The molecule has 0 radical (unpaired) electrons. The van der Waals surface area contributed by atoms with Crippen LogP contribution in [-0.2, 0) is 16.6 Å². The zero-order valence-electron chi connectivity index (χ0n) is 12.8. The average Bonchev–Trinajstić information content (AvgIpc) is 2.83. The molecule has 0 aliphatic heterocycles. The number of nitrogens with one attached hydrogen (secondary N) is 2. The molecule has 0 aromatic carbocycles. The summed E-state index contributed by atoms with van der Waals surface area (Å²) in [4.78, 5) is 0. The van der Waals surface area contributed by atoms with Crippen LogP contribution in [0.1, 0.15) is 45.6 Å². The molecule has 0 saturated carbocycles. The molecule has 0 bridgehead atoms. The Hall–Kier alpha value is -0.920. The summed E-state index contributed by atoms with van der Waals surface area (Å²) in [6.45, 7) is 6.93. The Bertz CT molecular complexity index is 496. The standard InChI is InChI=1S/C13H26N4O2S/c1-5-6-7-8-17(11(2)3)20(18,19)13-12(9-14-4)10-15-16-13/h10-11,14H,5-9H2,1-4H3,(H,15,16). The highest BCUT2D eigenvalue weighted by Crippen LogP contribution is 2.20. The monoisotopic (exact) mass is 302 g/mol. The molecule has 2 N–H and O–H groups in total. The molecule has 0 atom stereocenters. The summed E-state index contributed by atoms with van der Waals surface area (Å²) in [5.74, 6) is 0. The van der Waals surface area contributed by atoms with Crippen molar-refractivity contribution in [1.29, 1.82) is 0 Å².